The maximum Gasteiger partial charge on any atom is 0.417 e. The fraction of sp³-hybridized carbons (Fsp3) is 0.310. The van der Waals surface area contributed by atoms with Gasteiger partial charge in [-0.1, -0.05) is 23.7 Å². The van der Waals surface area contributed by atoms with Gasteiger partial charge in [0.2, 0.25) is 0 Å². The molecule has 2 fully saturated rings. The van der Waals surface area contributed by atoms with E-state index in [1.165, 1.54) is 37.1 Å². The molecule has 0 radical (unpaired) electrons. The van der Waals surface area contributed by atoms with Gasteiger partial charge >= 0.3 is 6.18 Å². The van der Waals surface area contributed by atoms with Gasteiger partial charge in [0.15, 0.2) is 0 Å². The molecule has 3 aromatic carbocycles. The topological polar surface area (TPSA) is 52.7 Å². The molecule has 0 unspecified atom stereocenters. The van der Waals surface area contributed by atoms with E-state index < -0.39 is 23.2 Å². The lowest BCUT2D eigenvalue weighted by Gasteiger charge is -2.35. The number of nitrogens with one attached hydrogen (secondary N) is 1. The highest BCUT2D eigenvalue weighted by atomic mass is 35.5. The number of amides is 2. The third-order valence-electron chi connectivity index (χ3n) is 8.05. The molecule has 0 aromatic heterocycles. The standard InChI is InChI=1S/C29H25ClF3N3O2/c30-20-8-12-25-19(13-20)15-35-22-11-7-18(14-22)26(35)16-36(25)28(38)17-5-9-21(10-6-17)34-27(37)23-3-1-2-4-24(23)29(31,32)33/h1-6,8-10,12-13,18,22,26H,7,11,14-16H2,(H,34,37)/t18-,22+,26+/m0/s1. The summed E-state index contributed by atoms with van der Waals surface area (Å²) in [4.78, 5) is 30.7. The van der Waals surface area contributed by atoms with Crippen LogP contribution in [0.15, 0.2) is 66.7 Å². The van der Waals surface area contributed by atoms with Crippen LogP contribution in [0.25, 0.3) is 0 Å². The normalized spacial score (nSPS) is 22.5. The molecule has 1 N–H and O–H groups in total. The van der Waals surface area contributed by atoms with Gasteiger partial charge in [-0.3, -0.25) is 14.5 Å². The molecule has 9 heteroatoms. The van der Waals surface area contributed by atoms with Gasteiger partial charge < -0.3 is 10.2 Å². The fourth-order valence-electron chi connectivity index (χ4n) is 6.28. The highest BCUT2D eigenvalue weighted by Crippen LogP contribution is 2.46. The van der Waals surface area contributed by atoms with Crippen molar-refractivity contribution in [3.8, 4) is 0 Å². The molecule has 2 amide bonds. The second kappa shape index (κ2) is 9.43. The van der Waals surface area contributed by atoms with Gasteiger partial charge in [0, 0.05) is 47.1 Å². The van der Waals surface area contributed by atoms with Gasteiger partial charge in [-0.25, -0.2) is 0 Å². The first-order valence-corrected chi connectivity index (χ1v) is 13.0. The first-order chi connectivity index (χ1) is 18.2. The Bertz CT molecular complexity index is 1410. The molecule has 2 aliphatic heterocycles. The lowest BCUT2D eigenvalue weighted by atomic mass is 9.98. The van der Waals surface area contributed by atoms with E-state index in [2.05, 4.69) is 10.2 Å². The van der Waals surface area contributed by atoms with Crippen LogP contribution in [0, 0.1) is 5.92 Å². The summed E-state index contributed by atoms with van der Waals surface area (Å²) in [5.74, 6) is -0.470. The number of piperidine rings is 1. The monoisotopic (exact) mass is 539 g/mol. The molecule has 2 heterocycles. The van der Waals surface area contributed by atoms with E-state index in [1.54, 1.807) is 18.2 Å². The Morgan fingerprint density at radius 1 is 0.974 bits per heavy atom. The van der Waals surface area contributed by atoms with Crippen LogP contribution >= 0.6 is 11.6 Å². The number of nitrogens with zero attached hydrogens (tertiary/aromatic N) is 2. The van der Waals surface area contributed by atoms with Crippen LogP contribution in [-0.2, 0) is 12.7 Å². The molecule has 5 nitrogen and oxygen atoms in total. The molecule has 38 heavy (non-hydrogen) atoms. The summed E-state index contributed by atoms with van der Waals surface area (Å²) in [5, 5.41) is 3.14. The summed E-state index contributed by atoms with van der Waals surface area (Å²) in [5.41, 5.74) is 1.12. The Balaban J connectivity index is 1.24. The zero-order valence-electron chi connectivity index (χ0n) is 20.3. The number of anilines is 2. The van der Waals surface area contributed by atoms with Crippen LogP contribution in [0.1, 0.15) is 51.1 Å². The predicted molar refractivity (Wildman–Crippen MR) is 139 cm³/mol. The molecule has 3 aliphatic rings. The smallest absolute Gasteiger partial charge is 0.322 e. The number of carbonyl (C=O) groups excluding carboxylic acids is 2. The molecule has 1 saturated heterocycles. The zero-order chi connectivity index (χ0) is 26.6. The number of carbonyl (C=O) groups is 2. The average Bonchev–Trinajstić information content (AvgIpc) is 3.45. The van der Waals surface area contributed by atoms with E-state index in [0.29, 0.717) is 34.8 Å². The molecule has 0 spiro atoms. The largest absolute Gasteiger partial charge is 0.417 e. The minimum Gasteiger partial charge on any atom is -0.322 e. The Morgan fingerprint density at radius 3 is 2.50 bits per heavy atom. The van der Waals surface area contributed by atoms with Crippen LogP contribution in [-0.4, -0.2) is 35.3 Å². The number of halogens is 4. The fourth-order valence-corrected chi connectivity index (χ4v) is 6.48. The van der Waals surface area contributed by atoms with E-state index in [0.717, 1.165) is 36.3 Å². The van der Waals surface area contributed by atoms with Crippen molar-refractivity contribution in [3.63, 3.8) is 0 Å². The van der Waals surface area contributed by atoms with Gasteiger partial charge in [-0.15, -0.1) is 0 Å². The number of hydrogen-bond donors (Lipinski definition) is 1. The van der Waals surface area contributed by atoms with Crippen LogP contribution in [0.4, 0.5) is 24.5 Å². The molecule has 3 atom stereocenters. The highest BCUT2D eigenvalue weighted by molar-refractivity contribution is 6.30. The van der Waals surface area contributed by atoms with Crippen LogP contribution in [0.2, 0.25) is 5.02 Å². The molecule has 3 aromatic rings. The SMILES string of the molecule is O=C(Nc1ccc(C(=O)N2C[C@@H]3[C@H]4CC[C@H](C4)N3Cc3cc(Cl)ccc32)cc1)c1ccccc1C(F)(F)F. The summed E-state index contributed by atoms with van der Waals surface area (Å²) in [7, 11) is 0. The number of rotatable bonds is 3. The van der Waals surface area contributed by atoms with Crippen LogP contribution < -0.4 is 10.2 Å². The van der Waals surface area contributed by atoms with E-state index in [-0.39, 0.29) is 11.9 Å². The van der Waals surface area contributed by atoms with Crippen molar-refractivity contribution in [2.45, 2.75) is 44.1 Å². The second-order valence-electron chi connectivity index (χ2n) is 10.2. The molecular formula is C29H25ClF3N3O2. The van der Waals surface area contributed by atoms with Crippen molar-refractivity contribution in [2.24, 2.45) is 5.92 Å². The van der Waals surface area contributed by atoms with Crippen LogP contribution in [0.5, 0.6) is 0 Å². The number of benzene rings is 3. The zero-order valence-corrected chi connectivity index (χ0v) is 21.1. The van der Waals surface area contributed by atoms with Gasteiger partial charge in [-0.2, -0.15) is 13.2 Å². The maximum absolute atomic E-state index is 13.8. The molecule has 1 aliphatic carbocycles. The summed E-state index contributed by atoms with van der Waals surface area (Å²) in [6, 6.07) is 17.3. The number of hydrogen-bond acceptors (Lipinski definition) is 3. The van der Waals surface area contributed by atoms with Gasteiger partial charge in [-0.05, 0) is 85.3 Å². The summed E-state index contributed by atoms with van der Waals surface area (Å²) < 4.78 is 40.0. The van der Waals surface area contributed by atoms with Gasteiger partial charge in [0.25, 0.3) is 11.8 Å². The van der Waals surface area contributed by atoms with E-state index >= 15 is 0 Å². The minimum atomic E-state index is -4.65. The molecule has 2 bridgehead atoms. The Kier molecular flexibility index (Phi) is 6.19. The van der Waals surface area contributed by atoms with Crippen molar-refractivity contribution in [1.82, 2.24) is 4.90 Å². The predicted octanol–water partition coefficient (Wildman–Crippen LogP) is 6.62. The highest BCUT2D eigenvalue weighted by Gasteiger charge is 2.48. The first kappa shape index (κ1) is 24.9. The molecule has 6 rings (SSSR count). The lowest BCUT2D eigenvalue weighted by Crippen LogP contribution is -2.46. The van der Waals surface area contributed by atoms with Gasteiger partial charge in [0.1, 0.15) is 0 Å². The maximum atomic E-state index is 13.8. The second-order valence-corrected chi connectivity index (χ2v) is 10.7. The molecular weight excluding hydrogens is 515 g/mol. The van der Waals surface area contributed by atoms with E-state index in [9.17, 15) is 22.8 Å². The molecule has 1 saturated carbocycles. The lowest BCUT2D eigenvalue weighted by molar-refractivity contribution is -0.137. The van der Waals surface area contributed by atoms with Crippen molar-refractivity contribution in [3.05, 3.63) is 94.0 Å². The Morgan fingerprint density at radius 2 is 1.74 bits per heavy atom. The summed E-state index contributed by atoms with van der Waals surface area (Å²) in [6.07, 6.45) is -1.12. The third kappa shape index (κ3) is 4.46. The molecule has 196 valence electrons. The minimum absolute atomic E-state index is 0.168. The number of alkyl halides is 3. The average molecular weight is 540 g/mol. The summed E-state index contributed by atoms with van der Waals surface area (Å²) in [6.45, 7) is 1.34. The Hall–Kier alpha value is -3.36. The third-order valence-corrected chi connectivity index (χ3v) is 8.29. The Labute approximate surface area is 223 Å². The van der Waals surface area contributed by atoms with E-state index in [1.807, 2.05) is 17.0 Å². The quantitative estimate of drug-likeness (QED) is 0.407. The van der Waals surface area contributed by atoms with E-state index in [4.69, 9.17) is 11.6 Å². The number of fused-ring (bicyclic) bond motifs is 6. The van der Waals surface area contributed by atoms with Crippen LogP contribution in [0.3, 0.4) is 0 Å². The van der Waals surface area contributed by atoms with Crippen molar-refractivity contribution in [2.75, 3.05) is 16.8 Å². The van der Waals surface area contributed by atoms with Crippen molar-refractivity contribution < 1.29 is 22.8 Å². The van der Waals surface area contributed by atoms with Crippen molar-refractivity contribution in [1.29, 1.82) is 0 Å². The summed E-state index contributed by atoms with van der Waals surface area (Å²) >= 11 is 6.32. The van der Waals surface area contributed by atoms with Gasteiger partial charge in [0.05, 0.1) is 11.1 Å². The first-order valence-electron chi connectivity index (χ1n) is 12.6. The van der Waals surface area contributed by atoms with Crippen molar-refractivity contribution >= 4 is 34.8 Å².